The average Bonchev–Trinajstić information content (AvgIpc) is 3.16. The van der Waals surface area contributed by atoms with Crippen molar-refractivity contribution in [3.63, 3.8) is 0 Å². The minimum atomic E-state index is -1.01. The number of carbonyl (C=O) groups excluding carboxylic acids is 3. The SMILES string of the molecule is COC(=O)C1[C@@H]2C(OC)OC(=O)[C@@H]2C(C(=O)OC)N1c1ccc(C)cc1. The van der Waals surface area contributed by atoms with Crippen LogP contribution in [0.15, 0.2) is 24.3 Å². The number of hydrogen-bond acceptors (Lipinski definition) is 8. The number of esters is 3. The second-order valence-electron chi connectivity index (χ2n) is 6.32. The van der Waals surface area contributed by atoms with Crippen LogP contribution in [0.5, 0.6) is 0 Å². The minimum Gasteiger partial charge on any atom is -0.467 e. The van der Waals surface area contributed by atoms with E-state index in [9.17, 15) is 14.4 Å². The van der Waals surface area contributed by atoms with Crippen molar-refractivity contribution < 1.29 is 33.3 Å². The van der Waals surface area contributed by atoms with Gasteiger partial charge in [-0.3, -0.25) is 4.79 Å². The molecule has 0 spiro atoms. The summed E-state index contributed by atoms with van der Waals surface area (Å²) in [5.41, 5.74) is 1.63. The number of nitrogens with zero attached hydrogens (tertiary/aromatic N) is 1. The molecule has 2 fully saturated rings. The van der Waals surface area contributed by atoms with Gasteiger partial charge in [0.15, 0.2) is 0 Å². The number of hydrogen-bond donors (Lipinski definition) is 0. The van der Waals surface area contributed by atoms with E-state index in [1.807, 2.05) is 19.1 Å². The molecule has 8 heteroatoms. The molecule has 0 aromatic heterocycles. The van der Waals surface area contributed by atoms with Gasteiger partial charge in [0, 0.05) is 12.8 Å². The summed E-state index contributed by atoms with van der Waals surface area (Å²) in [4.78, 5) is 39.2. The van der Waals surface area contributed by atoms with Crippen LogP contribution in [-0.2, 0) is 33.3 Å². The van der Waals surface area contributed by atoms with E-state index < -0.39 is 48.1 Å². The van der Waals surface area contributed by atoms with Crippen LogP contribution in [0.25, 0.3) is 0 Å². The molecule has 26 heavy (non-hydrogen) atoms. The van der Waals surface area contributed by atoms with E-state index in [0.717, 1.165) is 5.56 Å². The summed E-state index contributed by atoms with van der Waals surface area (Å²) in [5, 5.41) is 0. The van der Waals surface area contributed by atoms with Crippen LogP contribution in [0, 0.1) is 18.8 Å². The predicted molar refractivity (Wildman–Crippen MR) is 89.1 cm³/mol. The highest BCUT2D eigenvalue weighted by Gasteiger charge is 2.66. The molecule has 0 N–H and O–H groups in total. The van der Waals surface area contributed by atoms with Gasteiger partial charge in [0.2, 0.25) is 6.29 Å². The van der Waals surface area contributed by atoms with E-state index in [1.54, 1.807) is 17.0 Å². The zero-order valence-electron chi connectivity index (χ0n) is 15.0. The number of methoxy groups -OCH3 is 3. The van der Waals surface area contributed by atoms with Crippen LogP contribution in [0.3, 0.4) is 0 Å². The lowest BCUT2D eigenvalue weighted by Crippen LogP contribution is -2.49. The Labute approximate surface area is 150 Å². The van der Waals surface area contributed by atoms with Gasteiger partial charge in [-0.15, -0.1) is 0 Å². The van der Waals surface area contributed by atoms with Crippen LogP contribution in [-0.4, -0.2) is 57.6 Å². The Hall–Kier alpha value is -2.61. The van der Waals surface area contributed by atoms with Crippen LogP contribution in [0.4, 0.5) is 5.69 Å². The van der Waals surface area contributed by atoms with Crippen molar-refractivity contribution in [1.29, 1.82) is 0 Å². The van der Waals surface area contributed by atoms with E-state index in [4.69, 9.17) is 18.9 Å². The highest BCUT2D eigenvalue weighted by molar-refractivity contribution is 5.95. The Bertz CT molecular complexity index is 717. The first-order valence-electron chi connectivity index (χ1n) is 8.18. The third-order valence-corrected chi connectivity index (χ3v) is 4.99. The van der Waals surface area contributed by atoms with Gasteiger partial charge in [-0.05, 0) is 19.1 Å². The molecule has 0 bridgehead atoms. The molecule has 0 saturated carbocycles. The molecular formula is C18H21NO7. The lowest BCUT2D eigenvalue weighted by molar-refractivity contribution is -0.167. The molecule has 3 rings (SSSR count). The Morgan fingerprint density at radius 1 is 1.00 bits per heavy atom. The number of ether oxygens (including phenoxy) is 4. The topological polar surface area (TPSA) is 91.4 Å². The lowest BCUT2D eigenvalue weighted by Gasteiger charge is -2.32. The third-order valence-electron chi connectivity index (χ3n) is 4.99. The third kappa shape index (κ3) is 2.70. The summed E-state index contributed by atoms with van der Waals surface area (Å²) in [7, 11) is 3.89. The molecule has 2 aliphatic rings. The van der Waals surface area contributed by atoms with Gasteiger partial charge >= 0.3 is 17.9 Å². The summed E-state index contributed by atoms with van der Waals surface area (Å²) < 4.78 is 20.4. The zero-order chi connectivity index (χ0) is 19.0. The molecule has 0 radical (unpaired) electrons. The van der Waals surface area contributed by atoms with Crippen LogP contribution >= 0.6 is 0 Å². The Kier molecular flexibility index (Phi) is 4.86. The number of aryl methyl sites for hydroxylation is 1. The molecule has 3 unspecified atom stereocenters. The van der Waals surface area contributed by atoms with Gasteiger partial charge in [0.1, 0.15) is 12.1 Å². The summed E-state index contributed by atoms with van der Waals surface area (Å²) >= 11 is 0. The molecule has 8 nitrogen and oxygen atoms in total. The van der Waals surface area contributed by atoms with E-state index in [-0.39, 0.29) is 0 Å². The van der Waals surface area contributed by atoms with E-state index >= 15 is 0 Å². The fraction of sp³-hybridized carbons (Fsp3) is 0.500. The first-order chi connectivity index (χ1) is 12.4. The van der Waals surface area contributed by atoms with Crippen LogP contribution < -0.4 is 4.90 Å². The van der Waals surface area contributed by atoms with Gasteiger partial charge < -0.3 is 23.8 Å². The molecular weight excluding hydrogens is 342 g/mol. The van der Waals surface area contributed by atoms with Gasteiger partial charge in [0.05, 0.1) is 26.1 Å². The number of cyclic esters (lactones) is 1. The van der Waals surface area contributed by atoms with Gasteiger partial charge in [0.25, 0.3) is 0 Å². The highest BCUT2D eigenvalue weighted by atomic mass is 16.7. The molecule has 1 aromatic rings. The average molecular weight is 363 g/mol. The van der Waals surface area contributed by atoms with Gasteiger partial charge in [-0.1, -0.05) is 17.7 Å². The molecule has 140 valence electrons. The van der Waals surface area contributed by atoms with Crippen molar-refractivity contribution in [3.8, 4) is 0 Å². The molecule has 2 heterocycles. The van der Waals surface area contributed by atoms with E-state index in [0.29, 0.717) is 5.69 Å². The van der Waals surface area contributed by atoms with Gasteiger partial charge in [-0.25, -0.2) is 9.59 Å². The second kappa shape index (κ2) is 6.95. The quantitative estimate of drug-likeness (QED) is 0.569. The van der Waals surface area contributed by atoms with Crippen molar-refractivity contribution in [2.75, 3.05) is 26.2 Å². The number of benzene rings is 1. The number of fused-ring (bicyclic) bond motifs is 1. The second-order valence-corrected chi connectivity index (χ2v) is 6.32. The van der Waals surface area contributed by atoms with Crippen LogP contribution in [0.2, 0.25) is 0 Å². The van der Waals surface area contributed by atoms with Crippen molar-refractivity contribution >= 4 is 23.6 Å². The normalized spacial score (nSPS) is 29.9. The molecule has 0 aliphatic carbocycles. The fourth-order valence-electron chi connectivity index (χ4n) is 3.83. The van der Waals surface area contributed by atoms with Crippen molar-refractivity contribution in [3.05, 3.63) is 29.8 Å². The summed E-state index contributed by atoms with van der Waals surface area (Å²) in [5.74, 6) is -3.38. The lowest BCUT2D eigenvalue weighted by atomic mass is 9.88. The maximum atomic E-state index is 12.6. The number of anilines is 1. The smallest absolute Gasteiger partial charge is 0.329 e. The van der Waals surface area contributed by atoms with Crippen molar-refractivity contribution in [1.82, 2.24) is 0 Å². The Balaban J connectivity index is 2.15. The highest BCUT2D eigenvalue weighted by Crippen LogP contribution is 2.47. The van der Waals surface area contributed by atoms with E-state index in [2.05, 4.69) is 0 Å². The Morgan fingerprint density at radius 3 is 2.12 bits per heavy atom. The molecule has 5 atom stereocenters. The van der Waals surface area contributed by atoms with E-state index in [1.165, 1.54) is 21.3 Å². The minimum absolute atomic E-state index is 0.577. The number of carbonyl (C=O) groups is 3. The molecule has 2 aliphatic heterocycles. The standard InChI is InChI=1S/C18H21NO7/c1-9-5-7-10(8-6-9)19-13(16(21)23-2)11-12(14(19)17(22)24-3)18(25-4)26-15(11)20/h5-8,11-14,18H,1-4H3/t11-,12+,13?,14?,18?/m0/s1. The molecule has 2 saturated heterocycles. The predicted octanol–water partition coefficient (Wildman–Crippen LogP) is 0.660. The van der Waals surface area contributed by atoms with Crippen LogP contribution in [0.1, 0.15) is 5.56 Å². The molecule has 1 aromatic carbocycles. The first kappa shape index (κ1) is 18.2. The van der Waals surface area contributed by atoms with Crippen molar-refractivity contribution in [2.24, 2.45) is 11.8 Å². The summed E-state index contributed by atoms with van der Waals surface area (Å²) in [6, 6.07) is 5.36. The fourth-order valence-corrected chi connectivity index (χ4v) is 3.83. The maximum Gasteiger partial charge on any atom is 0.329 e. The zero-order valence-corrected chi connectivity index (χ0v) is 15.0. The monoisotopic (exact) mass is 363 g/mol. The summed E-state index contributed by atoms with van der Waals surface area (Å²) in [6.07, 6.45) is -0.945. The summed E-state index contributed by atoms with van der Waals surface area (Å²) in [6.45, 7) is 1.93. The maximum absolute atomic E-state index is 12.6. The van der Waals surface area contributed by atoms with Crippen molar-refractivity contribution in [2.45, 2.75) is 25.3 Å². The largest absolute Gasteiger partial charge is 0.467 e. The number of rotatable bonds is 4. The van der Waals surface area contributed by atoms with Gasteiger partial charge in [-0.2, -0.15) is 0 Å². The molecule has 0 amide bonds. The first-order valence-corrected chi connectivity index (χ1v) is 8.18. The Morgan fingerprint density at radius 2 is 1.58 bits per heavy atom.